The summed E-state index contributed by atoms with van der Waals surface area (Å²) in [6.45, 7) is 0. The number of anilines is 3. The number of aromatic nitrogens is 1. The first kappa shape index (κ1) is 35.7. The molecule has 0 saturated carbocycles. The highest BCUT2D eigenvalue weighted by molar-refractivity contribution is 6.20. The fraction of sp³-hybridized carbons (Fsp3) is 0. The number of rotatable bonds is 7. The Bertz CT molecular complexity index is 3580. The molecule has 0 radical (unpaired) electrons. The number of benzene rings is 11. The summed E-state index contributed by atoms with van der Waals surface area (Å²) in [5, 5.41) is 10.1. The minimum atomic E-state index is 1.08. The van der Waals surface area contributed by atoms with E-state index in [1.165, 1.54) is 81.9 Å². The minimum absolute atomic E-state index is 1.08. The average Bonchev–Trinajstić information content (AvgIpc) is 3.68. The molecule has 0 spiro atoms. The summed E-state index contributed by atoms with van der Waals surface area (Å²) in [6.07, 6.45) is 0. The van der Waals surface area contributed by atoms with E-state index in [-0.39, 0.29) is 0 Å². The van der Waals surface area contributed by atoms with Gasteiger partial charge in [0.05, 0.1) is 16.7 Å². The van der Waals surface area contributed by atoms with Crippen LogP contribution in [0.5, 0.6) is 0 Å². The van der Waals surface area contributed by atoms with Crippen molar-refractivity contribution in [3.8, 4) is 39.1 Å². The van der Waals surface area contributed by atoms with E-state index in [0.29, 0.717) is 0 Å². The molecule has 12 rings (SSSR count). The quantitative estimate of drug-likeness (QED) is 0.146. The Morgan fingerprint density at radius 3 is 1.48 bits per heavy atom. The molecular formula is C60H40N2. The molecule has 0 atom stereocenters. The van der Waals surface area contributed by atoms with Gasteiger partial charge in [-0.15, -0.1) is 0 Å². The van der Waals surface area contributed by atoms with Crippen molar-refractivity contribution in [1.29, 1.82) is 0 Å². The van der Waals surface area contributed by atoms with Crippen molar-refractivity contribution < 1.29 is 0 Å². The normalized spacial score (nSPS) is 11.5. The van der Waals surface area contributed by atoms with Crippen LogP contribution >= 0.6 is 0 Å². The summed E-state index contributed by atoms with van der Waals surface area (Å²) in [5.41, 5.74) is 13.9. The number of nitrogens with zero attached hydrogens (tertiary/aromatic N) is 2. The lowest BCUT2D eigenvalue weighted by Crippen LogP contribution is -2.10. The molecule has 290 valence electrons. The van der Waals surface area contributed by atoms with E-state index >= 15 is 0 Å². The zero-order valence-electron chi connectivity index (χ0n) is 34.0. The zero-order valence-corrected chi connectivity index (χ0v) is 34.0. The summed E-state index contributed by atoms with van der Waals surface area (Å²) in [7, 11) is 0. The molecular weight excluding hydrogens is 749 g/mol. The Hall–Kier alpha value is -8.20. The van der Waals surface area contributed by atoms with Gasteiger partial charge in [-0.1, -0.05) is 182 Å². The van der Waals surface area contributed by atoms with Crippen molar-refractivity contribution >= 4 is 71.2 Å². The van der Waals surface area contributed by atoms with Crippen LogP contribution in [0.1, 0.15) is 0 Å². The summed E-state index contributed by atoms with van der Waals surface area (Å²) < 4.78 is 2.42. The van der Waals surface area contributed by atoms with E-state index in [1.54, 1.807) is 0 Å². The van der Waals surface area contributed by atoms with E-state index in [4.69, 9.17) is 0 Å². The molecule has 0 bridgehead atoms. The van der Waals surface area contributed by atoms with Gasteiger partial charge in [-0.2, -0.15) is 0 Å². The molecule has 0 N–H and O–H groups in total. The van der Waals surface area contributed by atoms with E-state index < -0.39 is 0 Å². The lowest BCUT2D eigenvalue weighted by Gasteiger charge is -2.27. The van der Waals surface area contributed by atoms with Gasteiger partial charge in [-0.3, -0.25) is 0 Å². The van der Waals surface area contributed by atoms with Gasteiger partial charge in [0.1, 0.15) is 0 Å². The van der Waals surface area contributed by atoms with E-state index in [9.17, 15) is 0 Å². The third-order valence-electron chi connectivity index (χ3n) is 12.5. The van der Waals surface area contributed by atoms with Crippen LogP contribution in [0.2, 0.25) is 0 Å². The van der Waals surface area contributed by atoms with Gasteiger partial charge < -0.3 is 9.47 Å². The van der Waals surface area contributed by atoms with Crippen molar-refractivity contribution in [2.24, 2.45) is 0 Å². The Balaban J connectivity index is 0.992. The Morgan fingerprint density at radius 1 is 0.274 bits per heavy atom. The highest BCUT2D eigenvalue weighted by Crippen LogP contribution is 2.42. The van der Waals surface area contributed by atoms with Crippen LogP contribution in [-0.2, 0) is 0 Å². The Kier molecular flexibility index (Phi) is 8.53. The summed E-state index contributed by atoms with van der Waals surface area (Å²) in [4.78, 5) is 2.39. The Labute approximate surface area is 360 Å². The first-order valence-electron chi connectivity index (χ1n) is 21.3. The smallest absolute Gasteiger partial charge is 0.0541 e. The molecule has 0 saturated heterocycles. The van der Waals surface area contributed by atoms with E-state index in [2.05, 4.69) is 252 Å². The molecule has 0 fully saturated rings. The van der Waals surface area contributed by atoms with Crippen molar-refractivity contribution in [3.63, 3.8) is 0 Å². The molecule has 1 heterocycles. The van der Waals surface area contributed by atoms with Gasteiger partial charge in [0.2, 0.25) is 0 Å². The second kappa shape index (κ2) is 14.8. The van der Waals surface area contributed by atoms with Crippen LogP contribution in [0.25, 0.3) is 93.2 Å². The number of hydrogen-bond donors (Lipinski definition) is 0. The third-order valence-corrected chi connectivity index (χ3v) is 12.5. The second-order valence-electron chi connectivity index (χ2n) is 16.1. The largest absolute Gasteiger partial charge is 0.310 e. The summed E-state index contributed by atoms with van der Waals surface area (Å²) in [6, 6.07) is 88.5. The van der Waals surface area contributed by atoms with Crippen molar-refractivity contribution in [2.75, 3.05) is 4.90 Å². The SMILES string of the molecule is c1ccc(-c2cccc(N(c3ccc(-c4ccccc4-n4c5ccccc5c5ccccc54)cc3)c3cccc(-c4ccc5ccc6ccc7ccccc7c6c5c4)c3)c2)cc1. The van der Waals surface area contributed by atoms with Crippen LogP contribution in [0, 0.1) is 0 Å². The van der Waals surface area contributed by atoms with Crippen LogP contribution in [0.4, 0.5) is 17.1 Å². The first-order chi connectivity index (χ1) is 30.7. The molecule has 0 amide bonds. The van der Waals surface area contributed by atoms with Gasteiger partial charge in [0, 0.05) is 33.4 Å². The molecule has 11 aromatic carbocycles. The maximum absolute atomic E-state index is 2.42. The molecule has 12 aromatic rings. The molecule has 1 aromatic heterocycles. The monoisotopic (exact) mass is 788 g/mol. The predicted octanol–water partition coefficient (Wildman–Crippen LogP) is 16.7. The Morgan fingerprint density at radius 2 is 0.774 bits per heavy atom. The maximum atomic E-state index is 2.42. The second-order valence-corrected chi connectivity index (χ2v) is 16.1. The van der Waals surface area contributed by atoms with Gasteiger partial charge in [0.25, 0.3) is 0 Å². The fourth-order valence-electron chi connectivity index (χ4n) is 9.62. The summed E-state index contributed by atoms with van der Waals surface area (Å²) in [5.74, 6) is 0. The highest BCUT2D eigenvalue weighted by Gasteiger charge is 2.18. The van der Waals surface area contributed by atoms with Crippen molar-refractivity contribution in [3.05, 3.63) is 243 Å². The molecule has 62 heavy (non-hydrogen) atoms. The summed E-state index contributed by atoms with van der Waals surface area (Å²) >= 11 is 0. The predicted molar refractivity (Wildman–Crippen MR) is 264 cm³/mol. The fourth-order valence-corrected chi connectivity index (χ4v) is 9.62. The third kappa shape index (κ3) is 6.04. The zero-order chi connectivity index (χ0) is 41.0. The van der Waals surface area contributed by atoms with Gasteiger partial charge in [-0.05, 0) is 121 Å². The minimum Gasteiger partial charge on any atom is -0.310 e. The van der Waals surface area contributed by atoms with Gasteiger partial charge >= 0.3 is 0 Å². The van der Waals surface area contributed by atoms with Crippen LogP contribution in [0.3, 0.4) is 0 Å². The van der Waals surface area contributed by atoms with Crippen LogP contribution in [0.15, 0.2) is 243 Å². The topological polar surface area (TPSA) is 8.17 Å². The van der Waals surface area contributed by atoms with Gasteiger partial charge in [0.15, 0.2) is 0 Å². The molecule has 2 heteroatoms. The molecule has 0 aliphatic carbocycles. The number of fused-ring (bicyclic) bond motifs is 8. The molecule has 2 nitrogen and oxygen atoms in total. The maximum Gasteiger partial charge on any atom is 0.0541 e. The van der Waals surface area contributed by atoms with Crippen LogP contribution < -0.4 is 4.90 Å². The van der Waals surface area contributed by atoms with Gasteiger partial charge in [-0.25, -0.2) is 0 Å². The number of para-hydroxylation sites is 3. The first-order valence-corrected chi connectivity index (χ1v) is 21.3. The van der Waals surface area contributed by atoms with E-state index in [0.717, 1.165) is 28.3 Å². The lowest BCUT2D eigenvalue weighted by molar-refractivity contribution is 1.18. The van der Waals surface area contributed by atoms with Crippen LogP contribution in [-0.4, -0.2) is 4.57 Å². The molecule has 0 aliphatic rings. The standard InChI is InChI=1S/C60H40N2/c1-2-14-41(15-3-1)46-17-12-19-50(38-46)61(51-20-13-18-47(39-51)48-33-30-44-29-32-45-31-28-42-16-4-5-22-53(42)60(45)56(44)40-48)49-36-34-43(35-37-49)52-21-6-9-25-57(52)62-58-26-10-7-23-54(58)55-24-8-11-27-59(55)62/h1-40H. The number of hydrogen-bond acceptors (Lipinski definition) is 1. The van der Waals surface area contributed by atoms with Crippen molar-refractivity contribution in [1.82, 2.24) is 4.57 Å². The average molecular weight is 789 g/mol. The van der Waals surface area contributed by atoms with Crippen molar-refractivity contribution in [2.45, 2.75) is 0 Å². The highest BCUT2D eigenvalue weighted by atomic mass is 15.1. The molecule has 0 aliphatic heterocycles. The molecule has 0 unspecified atom stereocenters. The lowest BCUT2D eigenvalue weighted by atomic mass is 9.94. The van der Waals surface area contributed by atoms with E-state index in [1.807, 2.05) is 0 Å².